The molecule has 0 aliphatic heterocycles. The molecule has 0 N–H and O–H groups in total. The number of carbonyl (C=O) groups is 1. The first-order valence-electron chi connectivity index (χ1n) is 4.97. The normalized spacial score (nSPS) is 14.4. The fraction of sp³-hybridized carbons (Fsp3) is 0.700. The molecule has 0 rings (SSSR count). The van der Waals surface area contributed by atoms with Gasteiger partial charge in [0.15, 0.2) is 6.79 Å². The Labute approximate surface area is 92.5 Å². The van der Waals surface area contributed by atoms with Crippen molar-refractivity contribution in [2.75, 3.05) is 13.9 Å². The Balaban J connectivity index is 3.91. The van der Waals surface area contributed by atoms with Crippen LogP contribution in [-0.4, -0.2) is 28.4 Å². The summed E-state index contributed by atoms with van der Waals surface area (Å²) < 4.78 is 15.6. The second-order valence-electron chi connectivity index (χ2n) is 3.56. The van der Waals surface area contributed by atoms with Gasteiger partial charge in [-0.3, -0.25) is 0 Å². The molecule has 0 saturated carbocycles. The molecule has 15 heavy (non-hydrogen) atoms. The van der Waals surface area contributed by atoms with Gasteiger partial charge in [-0.15, -0.1) is 0 Å². The van der Waals surface area contributed by atoms with E-state index in [1.807, 2.05) is 6.55 Å². The first-order valence-corrected chi connectivity index (χ1v) is 7.49. The van der Waals surface area contributed by atoms with Crippen LogP contribution in [0.2, 0.25) is 12.6 Å². The first-order chi connectivity index (χ1) is 6.95. The molecule has 4 nitrogen and oxygen atoms in total. The molecule has 0 spiro atoms. The van der Waals surface area contributed by atoms with Crippen molar-refractivity contribution in [2.45, 2.75) is 32.9 Å². The van der Waals surface area contributed by atoms with Crippen LogP contribution < -0.4 is 0 Å². The molecule has 0 aromatic rings. The molecule has 0 saturated heterocycles. The molecule has 0 bridgehead atoms. The van der Waals surface area contributed by atoms with Crippen LogP contribution in [-0.2, 0) is 18.4 Å². The van der Waals surface area contributed by atoms with Crippen LogP contribution in [0, 0.1) is 0 Å². The topological polar surface area (TPSA) is 44.8 Å². The highest BCUT2D eigenvalue weighted by molar-refractivity contribution is 6.65. The van der Waals surface area contributed by atoms with Gasteiger partial charge in [-0.25, -0.2) is 4.79 Å². The van der Waals surface area contributed by atoms with E-state index in [1.165, 1.54) is 0 Å². The van der Waals surface area contributed by atoms with E-state index in [0.717, 1.165) is 12.5 Å². The van der Waals surface area contributed by atoms with Crippen molar-refractivity contribution in [1.82, 2.24) is 0 Å². The van der Waals surface area contributed by atoms with Crippen molar-refractivity contribution in [1.29, 1.82) is 0 Å². The fourth-order valence-corrected chi connectivity index (χ4v) is 2.70. The maximum absolute atomic E-state index is 11.0. The van der Waals surface area contributed by atoms with E-state index in [9.17, 15) is 4.79 Å². The lowest BCUT2D eigenvalue weighted by Crippen LogP contribution is -2.38. The molecule has 5 heteroatoms. The minimum Gasteiger partial charge on any atom is -0.436 e. The largest absolute Gasteiger partial charge is 0.436 e. The molecule has 0 radical (unpaired) electrons. The van der Waals surface area contributed by atoms with Crippen LogP contribution in [0.5, 0.6) is 0 Å². The number of ether oxygens (including phenoxy) is 1. The Hall–Kier alpha value is -0.653. The predicted molar refractivity (Wildman–Crippen MR) is 60.6 cm³/mol. The summed E-state index contributed by atoms with van der Waals surface area (Å²) in [4.78, 5) is 11.0. The van der Waals surface area contributed by atoms with Crippen LogP contribution in [0.3, 0.4) is 0 Å². The molecule has 0 aromatic heterocycles. The summed E-state index contributed by atoms with van der Waals surface area (Å²) in [6.45, 7) is 9.03. The van der Waals surface area contributed by atoms with Gasteiger partial charge in [-0.05, 0) is 19.5 Å². The Morgan fingerprint density at radius 2 is 2.07 bits per heavy atom. The average Bonchev–Trinajstić information content (AvgIpc) is 2.18. The molecular weight excluding hydrogens is 212 g/mol. The van der Waals surface area contributed by atoms with Crippen molar-refractivity contribution in [3.05, 3.63) is 12.2 Å². The third-order valence-electron chi connectivity index (χ3n) is 2.04. The summed E-state index contributed by atoms with van der Waals surface area (Å²) in [7, 11) is -0.504. The number of rotatable bonds is 7. The maximum Gasteiger partial charge on any atom is 0.337 e. The lowest BCUT2D eigenvalue weighted by Gasteiger charge is -2.24. The number of hydrogen-bond donors (Lipinski definition) is 0. The lowest BCUT2D eigenvalue weighted by molar-refractivity contribution is -0.146. The maximum atomic E-state index is 11.0. The van der Waals surface area contributed by atoms with Crippen molar-refractivity contribution in [3.63, 3.8) is 0 Å². The highest BCUT2D eigenvalue weighted by Gasteiger charge is 2.29. The van der Waals surface area contributed by atoms with E-state index in [1.54, 1.807) is 14.0 Å². The minimum atomic E-state index is -2.13. The van der Waals surface area contributed by atoms with Crippen molar-refractivity contribution in [2.24, 2.45) is 0 Å². The van der Waals surface area contributed by atoms with Gasteiger partial charge in [0.2, 0.25) is 0 Å². The Morgan fingerprint density at radius 1 is 1.47 bits per heavy atom. The molecule has 88 valence electrons. The zero-order chi connectivity index (χ0) is 11.9. The van der Waals surface area contributed by atoms with Crippen molar-refractivity contribution < 1.29 is 18.4 Å². The molecule has 0 aromatic carbocycles. The Morgan fingerprint density at radius 3 is 2.47 bits per heavy atom. The smallest absolute Gasteiger partial charge is 0.337 e. The van der Waals surface area contributed by atoms with Crippen LogP contribution in [0.25, 0.3) is 0 Å². The Kier molecular flexibility index (Phi) is 6.47. The third-order valence-corrected chi connectivity index (χ3v) is 5.04. The lowest BCUT2D eigenvalue weighted by atomic mass is 10.4. The van der Waals surface area contributed by atoms with Crippen LogP contribution in [0.1, 0.15) is 20.3 Å². The van der Waals surface area contributed by atoms with Gasteiger partial charge in [0.1, 0.15) is 0 Å². The predicted octanol–water partition coefficient (Wildman–Crippen LogP) is 2.21. The van der Waals surface area contributed by atoms with Gasteiger partial charge in [0.05, 0.1) is 0 Å². The van der Waals surface area contributed by atoms with Crippen molar-refractivity contribution in [3.8, 4) is 0 Å². The van der Waals surface area contributed by atoms with Gasteiger partial charge in [-0.2, -0.15) is 0 Å². The van der Waals surface area contributed by atoms with Gasteiger partial charge in [0.25, 0.3) is 0 Å². The monoisotopic (exact) mass is 232 g/mol. The molecule has 0 fully saturated rings. The van der Waals surface area contributed by atoms with E-state index in [2.05, 4.69) is 13.5 Å². The highest BCUT2D eigenvalue weighted by atomic mass is 28.4. The molecule has 0 heterocycles. The summed E-state index contributed by atoms with van der Waals surface area (Å²) in [5.74, 6) is -0.432. The molecule has 0 aliphatic rings. The van der Waals surface area contributed by atoms with Gasteiger partial charge in [-0.1, -0.05) is 19.9 Å². The van der Waals surface area contributed by atoms with E-state index in [-0.39, 0.29) is 6.79 Å². The zero-order valence-corrected chi connectivity index (χ0v) is 11.0. The molecule has 0 unspecified atom stereocenters. The SMILES string of the molecule is C=C(C)C(=O)OCO[Si@](C)(CCC)OC. The number of carbonyl (C=O) groups excluding carboxylic acids is 1. The number of hydrogen-bond acceptors (Lipinski definition) is 4. The standard InChI is InChI=1S/C10H20O4Si/c1-6-7-15(5,12-4)14-8-13-10(11)9(2)3/h2,6-8H2,1,3-5H3/t15-/m1/s1. The van der Waals surface area contributed by atoms with Crippen LogP contribution >= 0.6 is 0 Å². The van der Waals surface area contributed by atoms with E-state index in [0.29, 0.717) is 5.57 Å². The average molecular weight is 232 g/mol. The summed E-state index contributed by atoms with van der Waals surface area (Å²) in [5.41, 5.74) is 0.370. The Bertz CT molecular complexity index is 229. The minimum absolute atomic E-state index is 0.0533. The quantitative estimate of drug-likeness (QED) is 0.292. The fourth-order valence-electron chi connectivity index (χ4n) is 1.02. The molecule has 1 atom stereocenters. The first kappa shape index (κ1) is 14.3. The molecular formula is C10H20O4Si. The van der Waals surface area contributed by atoms with E-state index in [4.69, 9.17) is 13.6 Å². The van der Waals surface area contributed by atoms with E-state index < -0.39 is 14.5 Å². The third kappa shape index (κ3) is 5.71. The highest BCUT2D eigenvalue weighted by Crippen LogP contribution is 2.14. The number of esters is 1. The summed E-state index contributed by atoms with van der Waals surface area (Å²) in [5, 5.41) is 0. The van der Waals surface area contributed by atoms with Crippen LogP contribution in [0.4, 0.5) is 0 Å². The van der Waals surface area contributed by atoms with Gasteiger partial charge in [0, 0.05) is 12.7 Å². The second kappa shape index (κ2) is 6.76. The molecule has 0 amide bonds. The molecule has 0 aliphatic carbocycles. The summed E-state index contributed by atoms with van der Waals surface area (Å²) in [6, 6.07) is 0.883. The van der Waals surface area contributed by atoms with Crippen molar-refractivity contribution >= 4 is 14.5 Å². The van der Waals surface area contributed by atoms with Gasteiger partial charge >= 0.3 is 14.5 Å². The van der Waals surface area contributed by atoms with E-state index >= 15 is 0 Å². The summed E-state index contributed by atoms with van der Waals surface area (Å²) in [6.07, 6.45) is 0.991. The van der Waals surface area contributed by atoms with Gasteiger partial charge < -0.3 is 13.6 Å². The second-order valence-corrected chi connectivity index (χ2v) is 7.03. The summed E-state index contributed by atoms with van der Waals surface area (Å²) >= 11 is 0. The van der Waals surface area contributed by atoms with Crippen LogP contribution in [0.15, 0.2) is 12.2 Å². The zero-order valence-electron chi connectivity index (χ0n) is 9.96.